The predicted octanol–water partition coefficient (Wildman–Crippen LogP) is 0.677. The first-order valence-electron chi connectivity index (χ1n) is 6.99. The zero-order valence-electron chi connectivity index (χ0n) is 13.2. The zero-order chi connectivity index (χ0) is 16.5. The number of amides is 2. The van der Waals surface area contributed by atoms with E-state index in [1.54, 1.807) is 6.92 Å². The molecule has 0 aromatic rings. The Morgan fingerprint density at radius 2 is 1.76 bits per heavy atom. The Morgan fingerprint density at radius 1 is 1.19 bits per heavy atom. The van der Waals surface area contributed by atoms with Gasteiger partial charge < -0.3 is 20.5 Å². The van der Waals surface area contributed by atoms with Gasteiger partial charge in [0.1, 0.15) is 0 Å². The molecule has 0 spiro atoms. The molecule has 0 fully saturated rings. The largest absolute Gasteiger partial charge is 0.481 e. The fourth-order valence-electron chi connectivity index (χ4n) is 1.99. The van der Waals surface area contributed by atoms with Crippen molar-refractivity contribution >= 4 is 17.8 Å². The average molecular weight is 302 g/mol. The summed E-state index contributed by atoms with van der Waals surface area (Å²) in [5.41, 5.74) is -0.947. The number of carboxylic acids is 1. The van der Waals surface area contributed by atoms with Crippen LogP contribution in [0.15, 0.2) is 0 Å². The second kappa shape index (κ2) is 9.33. The van der Waals surface area contributed by atoms with Gasteiger partial charge in [0.15, 0.2) is 0 Å². The van der Waals surface area contributed by atoms with Crippen molar-refractivity contribution in [2.75, 3.05) is 13.7 Å². The first-order chi connectivity index (χ1) is 9.68. The molecule has 0 aliphatic heterocycles. The number of hydrogen-bond acceptors (Lipinski definition) is 4. The van der Waals surface area contributed by atoms with E-state index in [-0.39, 0.29) is 43.7 Å². The second-order valence-corrected chi connectivity index (χ2v) is 5.69. The first-order valence-corrected chi connectivity index (χ1v) is 6.99. The summed E-state index contributed by atoms with van der Waals surface area (Å²) < 4.78 is 4.95. The molecule has 2 amide bonds. The van der Waals surface area contributed by atoms with Crippen LogP contribution in [0.4, 0.5) is 0 Å². The Kier molecular flexibility index (Phi) is 8.61. The number of hydrogen-bond donors (Lipinski definition) is 3. The highest BCUT2D eigenvalue weighted by Gasteiger charge is 2.29. The van der Waals surface area contributed by atoms with E-state index in [4.69, 9.17) is 9.84 Å². The van der Waals surface area contributed by atoms with E-state index < -0.39 is 11.5 Å². The quantitative estimate of drug-likeness (QED) is 0.550. The van der Waals surface area contributed by atoms with Gasteiger partial charge in [0.05, 0.1) is 18.6 Å². The molecule has 0 aliphatic rings. The first kappa shape index (κ1) is 19.4. The Labute approximate surface area is 125 Å². The number of carbonyl (C=O) groups is 3. The van der Waals surface area contributed by atoms with Crippen LogP contribution in [0.1, 0.15) is 46.5 Å². The molecule has 0 radical (unpaired) electrons. The van der Waals surface area contributed by atoms with Crippen LogP contribution in [0, 0.1) is 0 Å². The van der Waals surface area contributed by atoms with Gasteiger partial charge >= 0.3 is 5.97 Å². The van der Waals surface area contributed by atoms with Crippen LogP contribution in [0.3, 0.4) is 0 Å². The summed E-state index contributed by atoms with van der Waals surface area (Å²) in [5.74, 6) is -1.39. The fraction of sp³-hybridized carbons (Fsp3) is 0.786. The molecular formula is C14H26N2O5. The zero-order valence-corrected chi connectivity index (χ0v) is 13.2. The lowest BCUT2D eigenvalue weighted by Crippen LogP contribution is -2.50. The van der Waals surface area contributed by atoms with E-state index in [0.29, 0.717) is 6.42 Å². The minimum Gasteiger partial charge on any atom is -0.481 e. The molecule has 7 heteroatoms. The summed E-state index contributed by atoms with van der Waals surface area (Å²) in [6, 6.07) is 0.0758. The summed E-state index contributed by atoms with van der Waals surface area (Å²) in [6.45, 7) is 5.46. The number of methoxy groups -OCH3 is 1. The van der Waals surface area contributed by atoms with Crippen LogP contribution < -0.4 is 10.6 Å². The number of nitrogens with one attached hydrogen (secondary N) is 2. The number of carbonyl (C=O) groups excluding carboxylic acids is 2. The average Bonchev–Trinajstić information content (AvgIpc) is 2.25. The van der Waals surface area contributed by atoms with Crippen LogP contribution in [0.25, 0.3) is 0 Å². The monoisotopic (exact) mass is 302 g/mol. The highest BCUT2D eigenvalue weighted by Crippen LogP contribution is 2.11. The van der Waals surface area contributed by atoms with Gasteiger partial charge in [-0.25, -0.2) is 0 Å². The van der Waals surface area contributed by atoms with Gasteiger partial charge in [-0.15, -0.1) is 0 Å². The van der Waals surface area contributed by atoms with E-state index in [9.17, 15) is 14.4 Å². The molecule has 7 nitrogen and oxygen atoms in total. The van der Waals surface area contributed by atoms with Crippen molar-refractivity contribution in [2.45, 2.75) is 58.0 Å². The molecule has 0 heterocycles. The lowest BCUT2D eigenvalue weighted by molar-refractivity contribution is -0.139. The smallest absolute Gasteiger partial charge is 0.305 e. The Bertz CT molecular complexity index is 370. The van der Waals surface area contributed by atoms with Crippen LogP contribution >= 0.6 is 0 Å². The third kappa shape index (κ3) is 9.84. The summed E-state index contributed by atoms with van der Waals surface area (Å²) in [7, 11) is 1.45. The van der Waals surface area contributed by atoms with Crippen LogP contribution in [0.5, 0.6) is 0 Å². The number of aliphatic carboxylic acids is 1. The maximum Gasteiger partial charge on any atom is 0.305 e. The third-order valence-corrected chi connectivity index (χ3v) is 2.70. The minimum atomic E-state index is -1.01. The van der Waals surface area contributed by atoms with E-state index in [0.717, 1.165) is 0 Å². The van der Waals surface area contributed by atoms with E-state index in [1.165, 1.54) is 7.11 Å². The van der Waals surface area contributed by atoms with Crippen molar-refractivity contribution in [3.05, 3.63) is 0 Å². The maximum absolute atomic E-state index is 11.8. The molecule has 0 saturated carbocycles. The predicted molar refractivity (Wildman–Crippen MR) is 77.8 cm³/mol. The fourth-order valence-corrected chi connectivity index (χ4v) is 1.99. The highest BCUT2D eigenvalue weighted by molar-refractivity contribution is 5.80. The minimum absolute atomic E-state index is 0.0758. The third-order valence-electron chi connectivity index (χ3n) is 2.70. The van der Waals surface area contributed by atoms with Gasteiger partial charge in [-0.3, -0.25) is 14.4 Å². The number of carboxylic acid groups (broad SMARTS) is 1. The van der Waals surface area contributed by atoms with Crippen molar-refractivity contribution in [3.8, 4) is 0 Å². The lowest BCUT2D eigenvalue weighted by Gasteiger charge is -2.28. The standard InChI is InChI=1S/C14H26N2O5/c1-10(2)15-11(17)6-5-7-12(18)16-14(3,9-21-4)8-13(19)20/h10H,5-9H2,1-4H3,(H,15,17)(H,16,18)(H,19,20). The Balaban J connectivity index is 4.20. The van der Waals surface area contributed by atoms with Gasteiger partial charge in [0, 0.05) is 26.0 Å². The van der Waals surface area contributed by atoms with Crippen LogP contribution in [0.2, 0.25) is 0 Å². The van der Waals surface area contributed by atoms with E-state index in [2.05, 4.69) is 10.6 Å². The Hall–Kier alpha value is -1.63. The van der Waals surface area contributed by atoms with Crippen LogP contribution in [-0.2, 0) is 19.1 Å². The molecule has 3 N–H and O–H groups in total. The maximum atomic E-state index is 11.8. The van der Waals surface area contributed by atoms with Crippen molar-refractivity contribution in [3.63, 3.8) is 0 Å². The molecule has 0 aromatic carbocycles. The highest BCUT2D eigenvalue weighted by atomic mass is 16.5. The van der Waals surface area contributed by atoms with Gasteiger partial charge in [0.2, 0.25) is 11.8 Å². The molecule has 0 bridgehead atoms. The lowest BCUT2D eigenvalue weighted by atomic mass is 9.98. The molecule has 0 aromatic heterocycles. The van der Waals surface area contributed by atoms with Gasteiger partial charge in [0.25, 0.3) is 0 Å². The summed E-state index contributed by atoms with van der Waals surface area (Å²) in [5, 5.41) is 14.3. The molecule has 1 atom stereocenters. The number of ether oxygens (including phenoxy) is 1. The van der Waals surface area contributed by atoms with Gasteiger partial charge in [-0.1, -0.05) is 0 Å². The molecule has 122 valence electrons. The normalized spacial score (nSPS) is 13.6. The molecular weight excluding hydrogens is 276 g/mol. The van der Waals surface area contributed by atoms with Crippen molar-refractivity contribution in [1.82, 2.24) is 10.6 Å². The SMILES string of the molecule is COCC(C)(CC(=O)O)NC(=O)CCCC(=O)NC(C)C. The van der Waals surface area contributed by atoms with Crippen molar-refractivity contribution in [2.24, 2.45) is 0 Å². The van der Waals surface area contributed by atoms with Crippen molar-refractivity contribution < 1.29 is 24.2 Å². The van der Waals surface area contributed by atoms with E-state index >= 15 is 0 Å². The molecule has 0 saturated heterocycles. The summed E-state index contributed by atoms with van der Waals surface area (Å²) in [4.78, 5) is 34.1. The topological polar surface area (TPSA) is 105 Å². The van der Waals surface area contributed by atoms with Gasteiger partial charge in [-0.2, -0.15) is 0 Å². The Morgan fingerprint density at radius 3 is 2.24 bits per heavy atom. The summed E-state index contributed by atoms with van der Waals surface area (Å²) in [6.07, 6.45) is 0.636. The molecule has 1 unspecified atom stereocenters. The van der Waals surface area contributed by atoms with Crippen LogP contribution in [-0.4, -0.2) is 48.2 Å². The molecule has 0 aliphatic carbocycles. The molecule has 0 rings (SSSR count). The van der Waals surface area contributed by atoms with Crippen molar-refractivity contribution in [1.29, 1.82) is 0 Å². The van der Waals surface area contributed by atoms with E-state index in [1.807, 2.05) is 13.8 Å². The molecule has 21 heavy (non-hydrogen) atoms. The van der Waals surface area contributed by atoms with Gasteiger partial charge in [-0.05, 0) is 27.2 Å². The summed E-state index contributed by atoms with van der Waals surface area (Å²) >= 11 is 0. The second-order valence-electron chi connectivity index (χ2n) is 5.69. The number of rotatable bonds is 10.